The highest BCUT2D eigenvalue weighted by molar-refractivity contribution is 6.28. The highest BCUT2D eigenvalue weighted by atomic mass is 35.5. The number of Topliss-reactive ketones (excluding diaryl/α,β-unsaturated/α-hetero) is 1. The Bertz CT molecular complexity index is 391. The molecule has 0 atom stereocenters. The smallest absolute Gasteiger partial charge is 0.350 e. The highest BCUT2D eigenvalue weighted by Crippen LogP contribution is 2.40. The summed E-state index contributed by atoms with van der Waals surface area (Å²) in [5.74, 6) is -8.74. The average molecular weight is 322 g/mol. The molecule has 9 heteroatoms. The van der Waals surface area contributed by atoms with Gasteiger partial charge < -0.3 is 5.32 Å². The second kappa shape index (κ2) is 5.83. The molecule has 20 heavy (non-hydrogen) atoms. The fourth-order valence-electron chi connectivity index (χ4n) is 2.24. The van der Waals surface area contributed by atoms with E-state index < -0.39 is 35.7 Å². The maximum atomic E-state index is 12.8. The molecule has 1 fully saturated rings. The van der Waals surface area contributed by atoms with E-state index >= 15 is 0 Å². The van der Waals surface area contributed by atoms with Crippen LogP contribution in [-0.2, 0) is 9.59 Å². The Morgan fingerprint density at radius 3 is 2.00 bits per heavy atom. The summed E-state index contributed by atoms with van der Waals surface area (Å²) < 4.78 is 61.5. The Kier molecular flexibility index (Phi) is 4.99. The molecule has 0 aromatic heterocycles. The largest absolute Gasteiger partial charge is 0.463 e. The molecular weight excluding hydrogens is 309 g/mol. The Hall–Kier alpha value is -0.920. The summed E-state index contributed by atoms with van der Waals surface area (Å²) in [4.78, 5) is 22.7. The van der Waals surface area contributed by atoms with Gasteiger partial charge in [-0.2, -0.15) is 22.0 Å². The summed E-state index contributed by atoms with van der Waals surface area (Å²) in [6, 6.07) is 0. The third-order valence-electron chi connectivity index (χ3n) is 3.50. The van der Waals surface area contributed by atoms with Gasteiger partial charge >= 0.3 is 12.1 Å². The zero-order valence-electron chi connectivity index (χ0n) is 10.3. The molecule has 0 aliphatic heterocycles. The third-order valence-corrected chi connectivity index (χ3v) is 3.74. The maximum Gasteiger partial charge on any atom is 0.463 e. The van der Waals surface area contributed by atoms with Crippen molar-refractivity contribution in [3.63, 3.8) is 0 Å². The molecule has 0 unspecified atom stereocenters. The normalized spacial score (nSPS) is 18.9. The maximum absolute atomic E-state index is 12.8. The van der Waals surface area contributed by atoms with Crippen LogP contribution in [0, 0.1) is 5.41 Å². The Balaban J connectivity index is 2.75. The first-order valence-electron chi connectivity index (χ1n) is 5.89. The molecule has 0 heterocycles. The number of ketones is 1. The van der Waals surface area contributed by atoms with Gasteiger partial charge in [0.05, 0.1) is 5.88 Å². The standard InChI is InChI=1S/C11H13ClF5NO2/c12-5-7(19)9(3-1-2-4-9)6-18-8(20)10(13,14)11(15,16)17/h1-6H2,(H,18,20). The lowest BCUT2D eigenvalue weighted by Gasteiger charge is -2.28. The van der Waals surface area contributed by atoms with Crippen LogP contribution in [0.4, 0.5) is 22.0 Å². The summed E-state index contributed by atoms with van der Waals surface area (Å²) >= 11 is 5.41. The molecule has 0 saturated heterocycles. The lowest BCUT2D eigenvalue weighted by molar-refractivity contribution is -0.269. The molecule has 116 valence electrons. The predicted octanol–water partition coefficient (Wildman–Crippen LogP) is 2.67. The van der Waals surface area contributed by atoms with Gasteiger partial charge in [-0.3, -0.25) is 9.59 Å². The summed E-state index contributed by atoms with van der Waals surface area (Å²) in [6.07, 6.45) is -4.06. The Morgan fingerprint density at radius 2 is 1.60 bits per heavy atom. The first kappa shape index (κ1) is 17.1. The van der Waals surface area contributed by atoms with Crippen LogP contribution in [-0.4, -0.2) is 36.2 Å². The van der Waals surface area contributed by atoms with E-state index in [0.717, 1.165) is 0 Å². The second-order valence-electron chi connectivity index (χ2n) is 4.80. The molecule has 1 saturated carbocycles. The Morgan fingerprint density at radius 1 is 1.10 bits per heavy atom. The highest BCUT2D eigenvalue weighted by Gasteiger charge is 2.63. The summed E-state index contributed by atoms with van der Waals surface area (Å²) in [5, 5.41) is 1.54. The van der Waals surface area contributed by atoms with Crippen molar-refractivity contribution in [1.29, 1.82) is 0 Å². The van der Waals surface area contributed by atoms with Gasteiger partial charge in [-0.1, -0.05) is 12.8 Å². The van der Waals surface area contributed by atoms with Crippen LogP contribution in [0.25, 0.3) is 0 Å². The number of halogens is 6. The number of carbonyl (C=O) groups is 2. The molecule has 1 amide bonds. The van der Waals surface area contributed by atoms with Crippen molar-refractivity contribution in [2.75, 3.05) is 12.4 Å². The van der Waals surface area contributed by atoms with E-state index in [1.54, 1.807) is 0 Å². The van der Waals surface area contributed by atoms with Gasteiger partial charge in [0.1, 0.15) is 0 Å². The van der Waals surface area contributed by atoms with Crippen LogP contribution >= 0.6 is 11.6 Å². The summed E-state index contributed by atoms with van der Waals surface area (Å²) in [7, 11) is 0. The minimum absolute atomic E-state index is 0.316. The van der Waals surface area contributed by atoms with Crippen molar-refractivity contribution in [3.8, 4) is 0 Å². The van der Waals surface area contributed by atoms with E-state index in [2.05, 4.69) is 0 Å². The fraction of sp³-hybridized carbons (Fsp3) is 0.818. The number of nitrogens with one attached hydrogen (secondary N) is 1. The second-order valence-corrected chi connectivity index (χ2v) is 5.07. The molecule has 3 nitrogen and oxygen atoms in total. The number of hydrogen-bond donors (Lipinski definition) is 1. The number of rotatable bonds is 5. The number of hydrogen-bond acceptors (Lipinski definition) is 2. The monoisotopic (exact) mass is 321 g/mol. The topological polar surface area (TPSA) is 46.2 Å². The van der Waals surface area contributed by atoms with Crippen molar-refractivity contribution in [2.45, 2.75) is 37.8 Å². The molecule has 0 radical (unpaired) electrons. The SMILES string of the molecule is O=C(CCl)C1(CNC(=O)C(F)(F)C(F)(F)F)CCCC1. The van der Waals surface area contributed by atoms with Gasteiger partial charge in [-0.05, 0) is 12.8 Å². The lowest BCUT2D eigenvalue weighted by atomic mass is 9.82. The third kappa shape index (κ3) is 3.21. The molecule has 1 aliphatic carbocycles. The van der Waals surface area contributed by atoms with Gasteiger partial charge in [0.15, 0.2) is 5.78 Å². The molecule has 1 rings (SSSR count). The van der Waals surface area contributed by atoms with Crippen LogP contribution in [0.2, 0.25) is 0 Å². The zero-order chi connectivity index (χ0) is 15.6. The first-order valence-corrected chi connectivity index (χ1v) is 6.42. The van der Waals surface area contributed by atoms with Gasteiger partial charge in [-0.15, -0.1) is 11.6 Å². The van der Waals surface area contributed by atoms with Crippen molar-refractivity contribution >= 4 is 23.3 Å². The van der Waals surface area contributed by atoms with Crippen molar-refractivity contribution < 1.29 is 31.5 Å². The van der Waals surface area contributed by atoms with Crippen molar-refractivity contribution in [3.05, 3.63) is 0 Å². The van der Waals surface area contributed by atoms with E-state index in [0.29, 0.717) is 25.7 Å². The van der Waals surface area contributed by atoms with Crippen LogP contribution in [0.1, 0.15) is 25.7 Å². The van der Waals surface area contributed by atoms with Crippen LogP contribution in [0.3, 0.4) is 0 Å². The minimum atomic E-state index is -5.96. The Labute approximate surface area is 116 Å². The number of carbonyl (C=O) groups excluding carboxylic acids is 2. The minimum Gasteiger partial charge on any atom is -0.350 e. The lowest BCUT2D eigenvalue weighted by Crippen LogP contribution is -2.53. The molecule has 1 N–H and O–H groups in total. The van der Waals surface area contributed by atoms with Gasteiger partial charge in [0, 0.05) is 12.0 Å². The van der Waals surface area contributed by atoms with Crippen LogP contribution < -0.4 is 5.32 Å². The van der Waals surface area contributed by atoms with Crippen LogP contribution in [0.5, 0.6) is 0 Å². The number of amides is 1. The van der Waals surface area contributed by atoms with E-state index in [1.165, 1.54) is 5.32 Å². The average Bonchev–Trinajstić information content (AvgIpc) is 2.83. The van der Waals surface area contributed by atoms with E-state index in [-0.39, 0.29) is 5.88 Å². The summed E-state index contributed by atoms with van der Waals surface area (Å²) in [5.41, 5.74) is -1.13. The first-order chi connectivity index (χ1) is 9.07. The molecular formula is C11H13ClF5NO2. The molecule has 0 aromatic carbocycles. The van der Waals surface area contributed by atoms with E-state index in [9.17, 15) is 31.5 Å². The van der Waals surface area contributed by atoms with Crippen LogP contribution in [0.15, 0.2) is 0 Å². The van der Waals surface area contributed by atoms with Crippen molar-refractivity contribution in [2.24, 2.45) is 5.41 Å². The molecule has 1 aliphatic rings. The van der Waals surface area contributed by atoms with E-state index in [4.69, 9.17) is 11.6 Å². The summed E-state index contributed by atoms with van der Waals surface area (Å²) in [6.45, 7) is -0.553. The van der Waals surface area contributed by atoms with Gasteiger partial charge in [0.25, 0.3) is 5.91 Å². The van der Waals surface area contributed by atoms with Gasteiger partial charge in [0.2, 0.25) is 0 Å². The molecule has 0 spiro atoms. The quantitative estimate of drug-likeness (QED) is 0.625. The van der Waals surface area contributed by atoms with Crippen molar-refractivity contribution in [1.82, 2.24) is 5.32 Å². The zero-order valence-corrected chi connectivity index (χ0v) is 11.1. The predicted molar refractivity (Wildman–Crippen MR) is 60.6 cm³/mol. The molecule has 0 aromatic rings. The van der Waals surface area contributed by atoms with E-state index in [1.807, 2.05) is 0 Å². The molecule has 0 bridgehead atoms. The fourth-order valence-corrected chi connectivity index (χ4v) is 2.52. The number of alkyl halides is 6. The van der Waals surface area contributed by atoms with Gasteiger partial charge in [-0.25, -0.2) is 0 Å².